The molecule has 0 N–H and O–H groups in total. The zero-order valence-electron chi connectivity index (χ0n) is 8.22. The van der Waals surface area contributed by atoms with E-state index in [9.17, 15) is 12.9 Å². The second-order valence-corrected chi connectivity index (χ2v) is 3.77. The standard InChI is InChI=1S/C8H8BBrF3O.K/c10-8-3-1-7(2-4-8)5-14-6-9(11,12)13;/h1-4H,5-6H2;/q-1;+1. The van der Waals surface area contributed by atoms with Crippen molar-refractivity contribution in [2.45, 2.75) is 6.61 Å². The SMILES string of the molecule is F[B-](F)(F)COCc1ccc(Br)cc1.[K+]. The molecular weight excluding hydrogens is 299 g/mol. The number of hydrogen-bond donors (Lipinski definition) is 0. The quantitative estimate of drug-likeness (QED) is 0.730. The molecule has 0 aliphatic carbocycles. The Balaban J connectivity index is 0.00000196. The smallest absolute Gasteiger partial charge is 0.447 e. The zero-order valence-corrected chi connectivity index (χ0v) is 12.9. The van der Waals surface area contributed by atoms with Crippen LogP contribution in [0.1, 0.15) is 5.56 Å². The van der Waals surface area contributed by atoms with Crippen LogP contribution < -0.4 is 51.4 Å². The van der Waals surface area contributed by atoms with Gasteiger partial charge < -0.3 is 17.7 Å². The van der Waals surface area contributed by atoms with Crippen molar-refractivity contribution >= 4 is 22.9 Å². The fourth-order valence-electron chi connectivity index (χ4n) is 0.891. The van der Waals surface area contributed by atoms with Gasteiger partial charge in [0.15, 0.2) is 0 Å². The summed E-state index contributed by atoms with van der Waals surface area (Å²) in [6.45, 7) is -5.99. The molecule has 1 aromatic rings. The molecule has 0 aliphatic heterocycles. The fourth-order valence-corrected chi connectivity index (χ4v) is 1.16. The van der Waals surface area contributed by atoms with Crippen LogP contribution in [0.3, 0.4) is 0 Å². The Labute approximate surface area is 137 Å². The molecule has 1 rings (SSSR count). The fraction of sp³-hybridized carbons (Fsp3) is 0.250. The van der Waals surface area contributed by atoms with Crippen LogP contribution in [0.25, 0.3) is 0 Å². The Morgan fingerprint density at radius 2 is 1.67 bits per heavy atom. The van der Waals surface area contributed by atoms with Crippen molar-refractivity contribution in [2.75, 3.05) is 6.51 Å². The molecule has 0 aliphatic rings. The molecule has 0 radical (unpaired) electrons. The van der Waals surface area contributed by atoms with Gasteiger partial charge in [-0.2, -0.15) is 0 Å². The van der Waals surface area contributed by atoms with Gasteiger partial charge in [-0.05, 0) is 17.7 Å². The van der Waals surface area contributed by atoms with E-state index < -0.39 is 13.5 Å². The number of ether oxygens (including phenoxy) is 1. The molecule has 0 atom stereocenters. The summed E-state index contributed by atoms with van der Waals surface area (Å²) < 4.78 is 40.7. The van der Waals surface area contributed by atoms with Crippen molar-refractivity contribution in [2.24, 2.45) is 0 Å². The Morgan fingerprint density at radius 3 is 2.13 bits per heavy atom. The minimum atomic E-state index is -4.84. The molecule has 0 heterocycles. The van der Waals surface area contributed by atoms with Crippen molar-refractivity contribution in [3.05, 3.63) is 34.3 Å². The minimum Gasteiger partial charge on any atom is -0.447 e. The van der Waals surface area contributed by atoms with Crippen LogP contribution in [0.5, 0.6) is 0 Å². The molecule has 0 fully saturated rings. The molecule has 0 saturated heterocycles. The third-order valence-corrected chi connectivity index (χ3v) is 2.02. The van der Waals surface area contributed by atoms with E-state index in [1.165, 1.54) is 0 Å². The van der Waals surface area contributed by atoms with Gasteiger partial charge in [0.25, 0.3) is 0 Å². The van der Waals surface area contributed by atoms with Gasteiger partial charge in [0.05, 0.1) is 6.61 Å². The van der Waals surface area contributed by atoms with Gasteiger partial charge in [-0.15, -0.1) is 0 Å². The average molecular weight is 307 g/mol. The third-order valence-electron chi connectivity index (χ3n) is 1.49. The second kappa shape index (κ2) is 7.47. The first kappa shape index (κ1) is 16.2. The van der Waals surface area contributed by atoms with Crippen LogP contribution in [0.15, 0.2) is 28.7 Å². The van der Waals surface area contributed by atoms with Crippen LogP contribution in [0, 0.1) is 0 Å². The molecule has 7 heteroatoms. The predicted molar refractivity (Wildman–Crippen MR) is 52.9 cm³/mol. The number of hydrogen-bond acceptors (Lipinski definition) is 1. The average Bonchev–Trinajstić information content (AvgIpc) is 2.06. The molecular formula is C8H8BBrF3KO. The van der Waals surface area contributed by atoms with Crippen LogP contribution in [-0.4, -0.2) is 13.5 Å². The van der Waals surface area contributed by atoms with Gasteiger partial charge in [-0.3, -0.25) is 0 Å². The van der Waals surface area contributed by atoms with E-state index >= 15 is 0 Å². The number of benzene rings is 1. The molecule has 0 spiro atoms. The topological polar surface area (TPSA) is 9.23 Å². The first-order chi connectivity index (χ1) is 6.47. The first-order valence-corrected chi connectivity index (χ1v) is 4.80. The Hall–Kier alpha value is 1.15. The molecule has 0 amide bonds. The maximum Gasteiger partial charge on any atom is 1.00 e. The van der Waals surface area contributed by atoms with Crippen LogP contribution in [-0.2, 0) is 11.3 Å². The van der Waals surface area contributed by atoms with Crippen LogP contribution in [0.2, 0.25) is 0 Å². The van der Waals surface area contributed by atoms with Gasteiger partial charge in [0.2, 0.25) is 0 Å². The van der Waals surface area contributed by atoms with Crippen molar-refractivity contribution < 1.29 is 69.1 Å². The van der Waals surface area contributed by atoms with Gasteiger partial charge in [-0.1, -0.05) is 28.1 Å². The minimum absolute atomic E-state index is 0. The van der Waals surface area contributed by atoms with E-state index in [-0.39, 0.29) is 58.0 Å². The number of rotatable bonds is 4. The summed E-state index contributed by atoms with van der Waals surface area (Å²) in [5.74, 6) is 0. The molecule has 1 nitrogen and oxygen atoms in total. The van der Waals surface area contributed by atoms with Gasteiger partial charge in [0.1, 0.15) is 0 Å². The van der Waals surface area contributed by atoms with Crippen LogP contribution >= 0.6 is 15.9 Å². The predicted octanol–water partition coefficient (Wildman–Crippen LogP) is 0.356. The molecule has 0 bridgehead atoms. The molecule has 0 unspecified atom stereocenters. The Morgan fingerprint density at radius 1 is 1.13 bits per heavy atom. The largest absolute Gasteiger partial charge is 1.00 e. The summed E-state index contributed by atoms with van der Waals surface area (Å²) in [5.41, 5.74) is 0.730. The molecule has 15 heavy (non-hydrogen) atoms. The summed E-state index contributed by atoms with van der Waals surface area (Å²) in [7, 11) is 0. The second-order valence-electron chi connectivity index (χ2n) is 2.85. The zero-order chi connectivity index (χ0) is 10.6. The molecule has 78 valence electrons. The summed E-state index contributed by atoms with van der Waals surface area (Å²) >= 11 is 3.23. The normalized spacial score (nSPS) is 10.9. The number of halogens is 4. The summed E-state index contributed by atoms with van der Waals surface area (Å²) in [5, 5.41) is 0. The van der Waals surface area contributed by atoms with E-state index in [2.05, 4.69) is 20.7 Å². The van der Waals surface area contributed by atoms with E-state index in [1.807, 2.05) is 0 Å². The maximum absolute atomic E-state index is 11.8. The Kier molecular flexibility index (Phi) is 8.05. The molecule has 0 saturated carbocycles. The van der Waals surface area contributed by atoms with E-state index in [1.54, 1.807) is 24.3 Å². The van der Waals surface area contributed by atoms with Crippen molar-refractivity contribution in [3.8, 4) is 0 Å². The first-order valence-electron chi connectivity index (χ1n) is 4.00. The van der Waals surface area contributed by atoms with Gasteiger partial charge >= 0.3 is 58.4 Å². The monoisotopic (exact) mass is 306 g/mol. The summed E-state index contributed by atoms with van der Waals surface area (Å²) in [4.78, 5) is 0. The molecule has 0 aromatic heterocycles. The molecule has 1 aromatic carbocycles. The van der Waals surface area contributed by atoms with Crippen LogP contribution in [0.4, 0.5) is 12.9 Å². The third kappa shape index (κ3) is 7.95. The van der Waals surface area contributed by atoms with E-state index in [0.717, 1.165) is 10.0 Å². The van der Waals surface area contributed by atoms with Gasteiger partial charge in [-0.25, -0.2) is 0 Å². The Bertz CT molecular complexity index is 291. The summed E-state index contributed by atoms with van der Waals surface area (Å²) in [6.07, 6.45) is 0. The van der Waals surface area contributed by atoms with Crippen molar-refractivity contribution in [1.29, 1.82) is 0 Å². The summed E-state index contributed by atoms with van der Waals surface area (Å²) in [6, 6.07) is 6.95. The van der Waals surface area contributed by atoms with E-state index in [4.69, 9.17) is 0 Å². The maximum atomic E-state index is 11.8. The van der Waals surface area contributed by atoms with Gasteiger partial charge in [0, 0.05) is 11.0 Å². The van der Waals surface area contributed by atoms with Crippen molar-refractivity contribution in [3.63, 3.8) is 0 Å². The van der Waals surface area contributed by atoms with Crippen molar-refractivity contribution in [1.82, 2.24) is 0 Å². The van der Waals surface area contributed by atoms with E-state index in [0.29, 0.717) is 0 Å².